The number of fused-ring (bicyclic) bond motifs is 1. The number of carbonyl (C=O) groups is 1. The van der Waals surface area contributed by atoms with Gasteiger partial charge in [0.25, 0.3) is 0 Å². The number of aliphatic hydroxyl groups excluding tert-OH is 1. The lowest BCUT2D eigenvalue weighted by Crippen LogP contribution is -2.49. The van der Waals surface area contributed by atoms with Crippen molar-refractivity contribution in [1.29, 1.82) is 0 Å². The van der Waals surface area contributed by atoms with Crippen molar-refractivity contribution in [3.8, 4) is 0 Å². The first-order chi connectivity index (χ1) is 10.2. The molecule has 1 fully saturated rings. The van der Waals surface area contributed by atoms with Crippen LogP contribution in [0, 0.1) is 5.41 Å². The van der Waals surface area contributed by atoms with Gasteiger partial charge in [-0.3, -0.25) is 4.79 Å². The zero-order chi connectivity index (χ0) is 14.9. The number of amides is 1. The largest absolute Gasteiger partial charge is 0.390 e. The molecule has 0 unspecified atom stereocenters. The van der Waals surface area contributed by atoms with E-state index >= 15 is 0 Å². The molecule has 0 saturated carbocycles. The number of carbonyl (C=O) groups excluding carboxylic acids is 1. The summed E-state index contributed by atoms with van der Waals surface area (Å²) in [6.07, 6.45) is 2.72. The second kappa shape index (κ2) is 5.78. The summed E-state index contributed by atoms with van der Waals surface area (Å²) in [6, 6.07) is 7.74. The van der Waals surface area contributed by atoms with Gasteiger partial charge in [-0.15, -0.1) is 0 Å². The Labute approximate surface area is 125 Å². The fourth-order valence-corrected chi connectivity index (χ4v) is 3.69. The van der Waals surface area contributed by atoms with Crippen molar-refractivity contribution in [3.63, 3.8) is 0 Å². The number of nitrogens with one attached hydrogen (secondary N) is 2. The van der Waals surface area contributed by atoms with Gasteiger partial charge in [0.15, 0.2) is 0 Å². The SMILES string of the molecule is CCC1(C(=O)N[C@H]2c3ccccc3C[C@H]2O)CCNCC1. The minimum atomic E-state index is -0.512. The fourth-order valence-electron chi connectivity index (χ4n) is 3.69. The monoisotopic (exact) mass is 288 g/mol. The average Bonchev–Trinajstić information content (AvgIpc) is 2.84. The highest BCUT2D eigenvalue weighted by Crippen LogP contribution is 2.36. The van der Waals surface area contributed by atoms with Gasteiger partial charge < -0.3 is 15.7 Å². The summed E-state index contributed by atoms with van der Waals surface area (Å²) >= 11 is 0. The van der Waals surface area contributed by atoms with Crippen LogP contribution < -0.4 is 10.6 Å². The number of piperidine rings is 1. The lowest BCUT2D eigenvalue weighted by Gasteiger charge is -2.36. The van der Waals surface area contributed by atoms with E-state index < -0.39 is 6.10 Å². The summed E-state index contributed by atoms with van der Waals surface area (Å²) in [5.41, 5.74) is 1.94. The summed E-state index contributed by atoms with van der Waals surface area (Å²) in [6.45, 7) is 3.88. The maximum absolute atomic E-state index is 12.8. The third-order valence-corrected chi connectivity index (χ3v) is 5.21. The molecule has 1 amide bonds. The average molecular weight is 288 g/mol. The van der Waals surface area contributed by atoms with E-state index in [-0.39, 0.29) is 17.4 Å². The molecular formula is C17H24N2O2. The van der Waals surface area contributed by atoms with Crippen LogP contribution in [0.1, 0.15) is 43.4 Å². The molecule has 0 aromatic heterocycles. The molecule has 21 heavy (non-hydrogen) atoms. The summed E-state index contributed by atoms with van der Waals surface area (Å²) in [5, 5.41) is 16.7. The molecular weight excluding hydrogens is 264 g/mol. The van der Waals surface area contributed by atoms with Crippen LogP contribution in [0.25, 0.3) is 0 Å². The highest BCUT2D eigenvalue weighted by atomic mass is 16.3. The molecule has 1 saturated heterocycles. The first-order valence-electron chi connectivity index (χ1n) is 7.94. The Balaban J connectivity index is 1.78. The number of aliphatic hydroxyl groups is 1. The van der Waals surface area contributed by atoms with Gasteiger partial charge in [-0.2, -0.15) is 0 Å². The van der Waals surface area contributed by atoms with Gasteiger partial charge in [-0.1, -0.05) is 31.2 Å². The van der Waals surface area contributed by atoms with Crippen LogP contribution in [0.3, 0.4) is 0 Å². The summed E-state index contributed by atoms with van der Waals surface area (Å²) in [7, 11) is 0. The Bertz CT molecular complexity index is 523. The Morgan fingerprint density at radius 2 is 2.10 bits per heavy atom. The number of hydrogen-bond donors (Lipinski definition) is 3. The van der Waals surface area contributed by atoms with Crippen molar-refractivity contribution < 1.29 is 9.90 Å². The van der Waals surface area contributed by atoms with Crippen molar-refractivity contribution in [2.24, 2.45) is 5.41 Å². The lowest BCUT2D eigenvalue weighted by atomic mass is 9.75. The molecule has 114 valence electrons. The van der Waals surface area contributed by atoms with Crippen LogP contribution >= 0.6 is 0 Å². The van der Waals surface area contributed by atoms with E-state index in [1.807, 2.05) is 24.3 Å². The van der Waals surface area contributed by atoms with E-state index in [2.05, 4.69) is 17.6 Å². The molecule has 1 heterocycles. The molecule has 3 N–H and O–H groups in total. The van der Waals surface area contributed by atoms with E-state index in [0.29, 0.717) is 6.42 Å². The van der Waals surface area contributed by atoms with Gasteiger partial charge in [-0.05, 0) is 43.5 Å². The third-order valence-electron chi connectivity index (χ3n) is 5.21. The van der Waals surface area contributed by atoms with Crippen molar-refractivity contribution >= 4 is 5.91 Å². The standard InChI is InChI=1S/C17H24N2O2/c1-2-17(7-9-18-10-8-17)16(21)19-15-13-6-4-3-5-12(13)11-14(15)20/h3-6,14-15,18,20H,2,7-11H2,1H3,(H,19,21)/t14-,15+/m1/s1. The van der Waals surface area contributed by atoms with Crippen LogP contribution in [-0.2, 0) is 11.2 Å². The van der Waals surface area contributed by atoms with E-state index in [0.717, 1.165) is 43.5 Å². The Hall–Kier alpha value is -1.39. The highest BCUT2D eigenvalue weighted by Gasteiger charge is 2.41. The zero-order valence-corrected chi connectivity index (χ0v) is 12.6. The third kappa shape index (κ3) is 2.58. The molecule has 1 aromatic carbocycles. The summed E-state index contributed by atoms with van der Waals surface area (Å²) in [5.74, 6) is 0.104. The molecule has 0 bridgehead atoms. The van der Waals surface area contributed by atoms with Gasteiger partial charge in [0, 0.05) is 6.42 Å². The molecule has 4 nitrogen and oxygen atoms in total. The molecule has 3 rings (SSSR count). The second-order valence-corrected chi connectivity index (χ2v) is 6.31. The van der Waals surface area contributed by atoms with Gasteiger partial charge in [0.2, 0.25) is 5.91 Å². The molecule has 2 atom stereocenters. The molecule has 0 radical (unpaired) electrons. The predicted molar refractivity (Wildman–Crippen MR) is 81.9 cm³/mol. The van der Waals surface area contributed by atoms with E-state index in [1.165, 1.54) is 0 Å². The predicted octanol–water partition coefficient (Wildman–Crippen LogP) is 1.54. The summed E-state index contributed by atoms with van der Waals surface area (Å²) in [4.78, 5) is 12.8. The maximum Gasteiger partial charge on any atom is 0.226 e. The fraction of sp³-hybridized carbons (Fsp3) is 0.588. The lowest BCUT2D eigenvalue weighted by molar-refractivity contribution is -0.134. The van der Waals surface area contributed by atoms with Crippen LogP contribution in [0.5, 0.6) is 0 Å². The molecule has 1 aliphatic carbocycles. The second-order valence-electron chi connectivity index (χ2n) is 6.31. The molecule has 1 aliphatic heterocycles. The van der Waals surface area contributed by atoms with Gasteiger partial charge in [0.05, 0.1) is 17.6 Å². The smallest absolute Gasteiger partial charge is 0.226 e. The minimum absolute atomic E-state index is 0.104. The zero-order valence-electron chi connectivity index (χ0n) is 12.6. The number of rotatable bonds is 3. The van der Waals surface area contributed by atoms with E-state index in [4.69, 9.17) is 0 Å². The maximum atomic E-state index is 12.8. The van der Waals surface area contributed by atoms with Crippen molar-refractivity contribution in [2.45, 2.75) is 44.8 Å². The van der Waals surface area contributed by atoms with Gasteiger partial charge >= 0.3 is 0 Å². The van der Waals surface area contributed by atoms with E-state index in [9.17, 15) is 9.90 Å². The van der Waals surface area contributed by atoms with Crippen LogP contribution in [0.15, 0.2) is 24.3 Å². The van der Waals surface area contributed by atoms with Crippen molar-refractivity contribution in [1.82, 2.24) is 10.6 Å². The molecule has 0 spiro atoms. The van der Waals surface area contributed by atoms with Gasteiger partial charge in [0.1, 0.15) is 0 Å². The molecule has 2 aliphatic rings. The van der Waals surface area contributed by atoms with E-state index in [1.54, 1.807) is 0 Å². The van der Waals surface area contributed by atoms with Gasteiger partial charge in [-0.25, -0.2) is 0 Å². The summed E-state index contributed by atoms with van der Waals surface area (Å²) < 4.78 is 0. The minimum Gasteiger partial charge on any atom is -0.390 e. The first kappa shape index (κ1) is 14.5. The van der Waals surface area contributed by atoms with Crippen molar-refractivity contribution in [2.75, 3.05) is 13.1 Å². The topological polar surface area (TPSA) is 61.4 Å². The van der Waals surface area contributed by atoms with Crippen LogP contribution in [0.2, 0.25) is 0 Å². The Morgan fingerprint density at radius 3 is 2.81 bits per heavy atom. The quantitative estimate of drug-likeness (QED) is 0.790. The Morgan fingerprint density at radius 1 is 1.38 bits per heavy atom. The van der Waals surface area contributed by atoms with Crippen molar-refractivity contribution in [3.05, 3.63) is 35.4 Å². The normalized spacial score (nSPS) is 27.1. The van der Waals surface area contributed by atoms with Crippen LogP contribution in [-0.4, -0.2) is 30.2 Å². The first-order valence-corrected chi connectivity index (χ1v) is 7.94. The number of hydrogen-bond acceptors (Lipinski definition) is 3. The Kier molecular flexibility index (Phi) is 4.00. The number of benzene rings is 1. The van der Waals surface area contributed by atoms with Crippen LogP contribution in [0.4, 0.5) is 0 Å². The molecule has 4 heteroatoms. The molecule has 1 aromatic rings. The highest BCUT2D eigenvalue weighted by molar-refractivity contribution is 5.83.